The molecular weight excluding hydrogens is 376 g/mol. The fraction of sp³-hybridized carbons (Fsp3) is 0.440. The minimum atomic E-state index is -0.118. The molecule has 5 nitrogen and oxygen atoms in total. The van der Waals surface area contributed by atoms with Crippen molar-refractivity contribution in [2.75, 3.05) is 20.2 Å². The van der Waals surface area contributed by atoms with Gasteiger partial charge in [-0.25, -0.2) is 4.98 Å². The minimum Gasteiger partial charge on any atom is -0.469 e. The lowest BCUT2D eigenvalue weighted by atomic mass is 9.73. The highest BCUT2D eigenvalue weighted by molar-refractivity contribution is 5.80. The Morgan fingerprint density at radius 2 is 1.93 bits per heavy atom. The van der Waals surface area contributed by atoms with Gasteiger partial charge in [-0.15, -0.1) is 0 Å². The standard InChI is InChI=1S/C25H30N2O3/c1-25(2,3)21-11-20(24(28)29-4)14-27(15-21)16-22-12-18-10-19(13-26-23(18)30-22)17-8-6-5-7-9-17/h5-10,12-13,20-21H,11,14-16H2,1-4H3/t20-,21-/m1/s1. The normalized spacial score (nSPS) is 20.4. The molecule has 5 heteroatoms. The van der Waals surface area contributed by atoms with Gasteiger partial charge in [0.05, 0.1) is 19.6 Å². The van der Waals surface area contributed by atoms with Crippen molar-refractivity contribution in [3.8, 4) is 11.1 Å². The van der Waals surface area contributed by atoms with E-state index in [4.69, 9.17) is 9.15 Å². The smallest absolute Gasteiger partial charge is 0.309 e. The first-order chi connectivity index (χ1) is 14.3. The number of benzene rings is 1. The second-order valence-corrected chi connectivity index (χ2v) is 9.41. The third kappa shape index (κ3) is 4.41. The molecule has 2 atom stereocenters. The summed E-state index contributed by atoms with van der Waals surface area (Å²) in [6.45, 7) is 9.02. The summed E-state index contributed by atoms with van der Waals surface area (Å²) in [6, 6.07) is 14.4. The Hall–Kier alpha value is -2.66. The van der Waals surface area contributed by atoms with Crippen LogP contribution in [0.5, 0.6) is 0 Å². The molecule has 0 bridgehead atoms. The van der Waals surface area contributed by atoms with Gasteiger partial charge in [-0.1, -0.05) is 51.1 Å². The molecule has 0 spiro atoms. The summed E-state index contributed by atoms with van der Waals surface area (Å²) in [4.78, 5) is 19.1. The Balaban J connectivity index is 1.55. The maximum absolute atomic E-state index is 12.3. The van der Waals surface area contributed by atoms with E-state index in [2.05, 4.69) is 54.9 Å². The maximum Gasteiger partial charge on any atom is 0.309 e. The number of furan rings is 1. The number of carbonyl (C=O) groups excluding carboxylic acids is 1. The van der Waals surface area contributed by atoms with Gasteiger partial charge in [0.1, 0.15) is 5.76 Å². The van der Waals surface area contributed by atoms with Crippen molar-refractivity contribution < 1.29 is 13.9 Å². The largest absolute Gasteiger partial charge is 0.469 e. The molecule has 1 aromatic carbocycles. The summed E-state index contributed by atoms with van der Waals surface area (Å²) in [5.74, 6) is 1.08. The fourth-order valence-electron chi connectivity index (χ4n) is 4.36. The Kier molecular flexibility index (Phi) is 5.65. The highest BCUT2D eigenvalue weighted by atomic mass is 16.5. The van der Waals surface area contributed by atoms with Crippen LogP contribution in [0.4, 0.5) is 0 Å². The van der Waals surface area contributed by atoms with Gasteiger partial charge in [-0.2, -0.15) is 0 Å². The van der Waals surface area contributed by atoms with Crippen LogP contribution in [0.15, 0.2) is 53.1 Å². The first-order valence-electron chi connectivity index (χ1n) is 10.6. The highest BCUT2D eigenvalue weighted by Crippen LogP contribution is 2.36. The Bertz CT molecular complexity index is 1020. The number of hydrogen-bond acceptors (Lipinski definition) is 5. The molecule has 1 aliphatic heterocycles. The number of methoxy groups -OCH3 is 1. The summed E-state index contributed by atoms with van der Waals surface area (Å²) in [5, 5.41) is 1.00. The van der Waals surface area contributed by atoms with Gasteiger partial charge in [-0.3, -0.25) is 9.69 Å². The van der Waals surface area contributed by atoms with Gasteiger partial charge >= 0.3 is 5.97 Å². The zero-order valence-corrected chi connectivity index (χ0v) is 18.2. The molecule has 3 heterocycles. The van der Waals surface area contributed by atoms with E-state index in [0.29, 0.717) is 24.7 Å². The molecule has 0 N–H and O–H groups in total. The van der Waals surface area contributed by atoms with Gasteiger partial charge in [0, 0.05) is 30.2 Å². The van der Waals surface area contributed by atoms with Gasteiger partial charge in [0.2, 0.25) is 5.71 Å². The predicted octanol–water partition coefficient (Wildman–Crippen LogP) is 5.15. The van der Waals surface area contributed by atoms with E-state index in [9.17, 15) is 4.79 Å². The summed E-state index contributed by atoms with van der Waals surface area (Å²) in [6.07, 6.45) is 2.73. The number of pyridine rings is 1. The number of likely N-dealkylation sites (tertiary alicyclic amines) is 1. The molecule has 0 amide bonds. The van der Waals surface area contributed by atoms with Crippen molar-refractivity contribution in [2.24, 2.45) is 17.3 Å². The summed E-state index contributed by atoms with van der Waals surface area (Å²) < 4.78 is 11.1. The van der Waals surface area contributed by atoms with Crippen LogP contribution in [0.25, 0.3) is 22.2 Å². The lowest BCUT2D eigenvalue weighted by Crippen LogP contribution is -2.46. The Morgan fingerprint density at radius 3 is 2.63 bits per heavy atom. The molecule has 0 aliphatic carbocycles. The van der Waals surface area contributed by atoms with E-state index in [1.807, 2.05) is 24.4 Å². The zero-order valence-electron chi connectivity index (χ0n) is 18.2. The number of nitrogens with zero attached hydrogens (tertiary/aromatic N) is 2. The van der Waals surface area contributed by atoms with Crippen LogP contribution < -0.4 is 0 Å². The van der Waals surface area contributed by atoms with Gasteiger partial charge in [0.25, 0.3) is 0 Å². The SMILES string of the molecule is COC(=O)[C@@H]1C[C@@H](C(C)(C)C)CN(Cc2cc3cc(-c4ccccc4)cnc3o2)C1. The third-order valence-electron chi connectivity index (χ3n) is 6.20. The molecule has 1 saturated heterocycles. The quantitative estimate of drug-likeness (QED) is 0.561. The van der Waals surface area contributed by atoms with Gasteiger partial charge < -0.3 is 9.15 Å². The average Bonchev–Trinajstić information content (AvgIpc) is 3.14. The molecule has 0 unspecified atom stereocenters. The lowest BCUT2D eigenvalue weighted by molar-refractivity contribution is -0.149. The van der Waals surface area contributed by atoms with Crippen molar-refractivity contribution >= 4 is 17.1 Å². The summed E-state index contributed by atoms with van der Waals surface area (Å²) in [7, 11) is 1.47. The van der Waals surface area contributed by atoms with Crippen molar-refractivity contribution in [3.05, 3.63) is 54.4 Å². The molecular formula is C25H30N2O3. The minimum absolute atomic E-state index is 0.0971. The molecule has 30 heavy (non-hydrogen) atoms. The van der Waals surface area contributed by atoms with Crippen LogP contribution >= 0.6 is 0 Å². The number of rotatable bonds is 4. The first-order valence-corrected chi connectivity index (χ1v) is 10.6. The molecule has 4 rings (SSSR count). The molecule has 2 aromatic heterocycles. The number of fused-ring (bicyclic) bond motifs is 1. The van der Waals surface area contributed by atoms with E-state index in [1.54, 1.807) is 0 Å². The maximum atomic E-state index is 12.3. The van der Waals surface area contributed by atoms with E-state index in [-0.39, 0.29) is 17.3 Å². The van der Waals surface area contributed by atoms with E-state index in [0.717, 1.165) is 35.2 Å². The monoisotopic (exact) mass is 406 g/mol. The van der Waals surface area contributed by atoms with Crippen molar-refractivity contribution in [1.82, 2.24) is 9.88 Å². The Labute approximate surface area is 178 Å². The fourth-order valence-corrected chi connectivity index (χ4v) is 4.36. The predicted molar refractivity (Wildman–Crippen MR) is 118 cm³/mol. The van der Waals surface area contributed by atoms with Crippen molar-refractivity contribution in [3.63, 3.8) is 0 Å². The number of piperidine rings is 1. The van der Waals surface area contributed by atoms with Crippen LogP contribution in [0.1, 0.15) is 33.0 Å². The molecule has 3 aromatic rings. The van der Waals surface area contributed by atoms with E-state index >= 15 is 0 Å². The van der Waals surface area contributed by atoms with Crippen molar-refractivity contribution in [1.29, 1.82) is 0 Å². The van der Waals surface area contributed by atoms with Crippen LogP contribution in [0.2, 0.25) is 0 Å². The number of hydrogen-bond donors (Lipinski definition) is 0. The van der Waals surface area contributed by atoms with E-state index in [1.165, 1.54) is 7.11 Å². The molecule has 0 radical (unpaired) electrons. The topological polar surface area (TPSA) is 55.6 Å². The first kappa shape index (κ1) is 20.6. The zero-order chi connectivity index (χ0) is 21.3. The second kappa shape index (κ2) is 8.23. The van der Waals surface area contributed by atoms with E-state index < -0.39 is 0 Å². The Morgan fingerprint density at radius 1 is 1.17 bits per heavy atom. The van der Waals surface area contributed by atoms with Crippen LogP contribution in [-0.4, -0.2) is 36.1 Å². The van der Waals surface area contributed by atoms with Crippen LogP contribution in [0, 0.1) is 17.3 Å². The molecule has 1 aliphatic rings. The van der Waals surface area contributed by atoms with Gasteiger partial charge in [-0.05, 0) is 35.4 Å². The summed E-state index contributed by atoms with van der Waals surface area (Å²) >= 11 is 0. The van der Waals surface area contributed by atoms with Crippen LogP contribution in [0.3, 0.4) is 0 Å². The molecule has 0 saturated carbocycles. The van der Waals surface area contributed by atoms with Gasteiger partial charge in [0.15, 0.2) is 0 Å². The average molecular weight is 407 g/mol. The number of esters is 1. The lowest BCUT2D eigenvalue weighted by Gasteiger charge is -2.42. The number of carbonyl (C=O) groups is 1. The molecule has 158 valence electrons. The highest BCUT2D eigenvalue weighted by Gasteiger charge is 2.37. The second-order valence-electron chi connectivity index (χ2n) is 9.41. The third-order valence-corrected chi connectivity index (χ3v) is 6.20. The van der Waals surface area contributed by atoms with Crippen molar-refractivity contribution in [2.45, 2.75) is 33.7 Å². The molecule has 1 fully saturated rings. The number of ether oxygens (including phenoxy) is 1. The van der Waals surface area contributed by atoms with Crippen LogP contribution in [-0.2, 0) is 16.1 Å². The summed E-state index contributed by atoms with van der Waals surface area (Å²) in [5.41, 5.74) is 3.00. The number of aromatic nitrogens is 1.